The van der Waals surface area contributed by atoms with Crippen molar-refractivity contribution in [1.29, 1.82) is 0 Å². The summed E-state index contributed by atoms with van der Waals surface area (Å²) < 4.78 is 21.5. The van der Waals surface area contributed by atoms with Gasteiger partial charge >= 0.3 is 5.97 Å². The second kappa shape index (κ2) is 12.8. The highest BCUT2D eigenvalue weighted by Crippen LogP contribution is 2.42. The summed E-state index contributed by atoms with van der Waals surface area (Å²) in [4.78, 5) is 37.8. The van der Waals surface area contributed by atoms with Gasteiger partial charge in [0.05, 0.1) is 7.11 Å². The van der Waals surface area contributed by atoms with Crippen LogP contribution in [0.3, 0.4) is 0 Å². The number of hydrogen-bond acceptors (Lipinski definition) is 13. The Kier molecular flexibility index (Phi) is 9.40. The van der Waals surface area contributed by atoms with E-state index in [0.29, 0.717) is 11.3 Å². The van der Waals surface area contributed by atoms with Gasteiger partial charge in [0.25, 0.3) is 5.91 Å². The molecule has 6 atom stereocenters. The third-order valence-electron chi connectivity index (χ3n) is 6.47. The van der Waals surface area contributed by atoms with Crippen LogP contribution in [-0.2, 0) is 19.1 Å². The Balaban J connectivity index is 1.63. The first-order valence-corrected chi connectivity index (χ1v) is 13.8. The molecule has 0 radical (unpaired) electrons. The van der Waals surface area contributed by atoms with E-state index in [1.165, 1.54) is 11.8 Å². The van der Waals surface area contributed by atoms with E-state index in [1.807, 2.05) is 0 Å². The monoisotopic (exact) mass is 591 g/mol. The van der Waals surface area contributed by atoms with Crippen molar-refractivity contribution in [3.63, 3.8) is 0 Å². The minimum Gasteiger partial charge on any atom is -0.504 e. The Morgan fingerprint density at radius 1 is 1.05 bits per heavy atom. The van der Waals surface area contributed by atoms with E-state index >= 15 is 0 Å². The molecule has 13 nitrogen and oxygen atoms in total. The maximum Gasteiger partial charge on any atom is 0.328 e. The molecule has 6 N–H and O–H groups in total. The predicted molar refractivity (Wildman–Crippen MR) is 146 cm³/mol. The van der Waals surface area contributed by atoms with Crippen molar-refractivity contribution >= 4 is 34.6 Å². The van der Waals surface area contributed by atoms with Crippen LogP contribution in [-0.4, -0.2) is 93.3 Å². The quantitative estimate of drug-likeness (QED) is 0.148. The van der Waals surface area contributed by atoms with Crippen molar-refractivity contribution in [1.82, 2.24) is 5.32 Å². The van der Waals surface area contributed by atoms with Crippen LogP contribution < -0.4 is 15.5 Å². The summed E-state index contributed by atoms with van der Waals surface area (Å²) in [5.41, 5.74) is -0.284. The van der Waals surface area contributed by atoms with Gasteiger partial charge in [-0.15, -0.1) is 0 Å². The summed E-state index contributed by atoms with van der Waals surface area (Å²) in [5.74, 6) is -3.39. The van der Waals surface area contributed by atoms with Gasteiger partial charge in [0.2, 0.25) is 12.0 Å². The fourth-order valence-corrected chi connectivity index (χ4v) is 4.74. The molecule has 14 heteroatoms. The van der Waals surface area contributed by atoms with Crippen LogP contribution in [0.5, 0.6) is 17.2 Å². The van der Waals surface area contributed by atoms with Crippen LogP contribution in [0, 0.1) is 0 Å². The Hall–Kier alpha value is -3.82. The highest BCUT2D eigenvalue weighted by atomic mass is 32.2. The zero-order chi connectivity index (χ0) is 29.8. The van der Waals surface area contributed by atoms with Gasteiger partial charge in [-0.25, -0.2) is 4.79 Å². The standard InChI is InChI=1S/C27H29NO12S/c1-37-26(36)13(8-9-41-2)28-25(35)24-22(33)21(32)23(34)27(40-24)39-17-11-16-18(20(31)19(17)30)14(29)10-15(38-16)12-6-4-3-5-7-12/h3-7,10-11,13,21-24,27,30-34H,8-9H2,1-2H3,(H,28,35)/t13-,21+,22+,23+,24+,27-/m1/s1. The highest BCUT2D eigenvalue weighted by molar-refractivity contribution is 7.98. The van der Waals surface area contributed by atoms with Gasteiger partial charge < -0.3 is 49.5 Å². The van der Waals surface area contributed by atoms with Crippen molar-refractivity contribution in [2.75, 3.05) is 19.1 Å². The van der Waals surface area contributed by atoms with Crippen LogP contribution in [0.15, 0.2) is 51.7 Å². The number of ether oxygens (including phenoxy) is 3. The minimum absolute atomic E-state index is 0.157. The zero-order valence-electron chi connectivity index (χ0n) is 21.9. The fraction of sp³-hybridized carbons (Fsp3) is 0.370. The SMILES string of the molecule is COC(=O)[C@@H](CCSC)NC(=O)[C@H]1O[C@@H](Oc2cc3oc(-c4ccccc4)cc(=O)c3c(O)c2O)[C@@H](O)[C@@H](O)[C@@H]1O. The first kappa shape index (κ1) is 30.1. The van der Waals surface area contributed by atoms with E-state index in [1.54, 1.807) is 36.6 Å². The average molecular weight is 592 g/mol. The number of carbonyl (C=O) groups excluding carboxylic acids is 2. The largest absolute Gasteiger partial charge is 0.504 e. The Morgan fingerprint density at radius 3 is 2.41 bits per heavy atom. The van der Waals surface area contributed by atoms with Gasteiger partial charge in [-0.1, -0.05) is 30.3 Å². The van der Waals surface area contributed by atoms with Crippen molar-refractivity contribution < 1.29 is 53.7 Å². The summed E-state index contributed by atoms with van der Waals surface area (Å²) in [6, 6.07) is 9.74. The van der Waals surface area contributed by atoms with Crippen LogP contribution >= 0.6 is 11.8 Å². The van der Waals surface area contributed by atoms with Gasteiger partial charge in [0.15, 0.2) is 23.0 Å². The van der Waals surface area contributed by atoms with E-state index in [0.717, 1.165) is 19.2 Å². The summed E-state index contributed by atoms with van der Waals surface area (Å²) in [5, 5.41) is 54.6. The molecule has 1 fully saturated rings. The molecule has 2 aromatic carbocycles. The van der Waals surface area contributed by atoms with Crippen LogP contribution in [0.2, 0.25) is 0 Å². The van der Waals surface area contributed by atoms with E-state index in [9.17, 15) is 39.9 Å². The molecule has 0 bridgehead atoms. The van der Waals surface area contributed by atoms with Crippen LogP contribution in [0.4, 0.5) is 0 Å². The number of aliphatic hydroxyl groups is 3. The number of esters is 1. The van der Waals surface area contributed by atoms with E-state index in [2.05, 4.69) is 5.32 Å². The Labute approximate surface area is 237 Å². The van der Waals surface area contributed by atoms with Gasteiger partial charge in [-0.3, -0.25) is 9.59 Å². The van der Waals surface area contributed by atoms with Crippen molar-refractivity contribution in [3.8, 4) is 28.6 Å². The summed E-state index contributed by atoms with van der Waals surface area (Å²) in [6.07, 6.45) is -7.48. The number of rotatable bonds is 9. The number of nitrogens with one attached hydrogen (secondary N) is 1. The number of aliphatic hydroxyl groups excluding tert-OH is 3. The number of carbonyl (C=O) groups is 2. The fourth-order valence-electron chi connectivity index (χ4n) is 4.27. The number of phenols is 2. The molecular weight excluding hydrogens is 562 g/mol. The van der Waals surface area contributed by atoms with Gasteiger partial charge in [0, 0.05) is 17.7 Å². The van der Waals surface area contributed by atoms with Gasteiger partial charge in [0.1, 0.15) is 41.1 Å². The number of benzene rings is 2. The molecule has 1 aliphatic rings. The highest BCUT2D eigenvalue weighted by Gasteiger charge is 2.48. The van der Waals surface area contributed by atoms with Crippen LogP contribution in [0.1, 0.15) is 6.42 Å². The molecular formula is C27H29NO12S. The number of thioether (sulfide) groups is 1. The average Bonchev–Trinajstić information content (AvgIpc) is 2.97. The molecule has 0 unspecified atom stereocenters. The molecule has 4 rings (SSSR count). The summed E-state index contributed by atoms with van der Waals surface area (Å²) in [7, 11) is 1.15. The van der Waals surface area contributed by atoms with Crippen molar-refractivity contribution in [2.24, 2.45) is 0 Å². The minimum atomic E-state index is -1.95. The lowest BCUT2D eigenvalue weighted by molar-refractivity contribution is -0.267. The second-order valence-corrected chi connectivity index (χ2v) is 10.2. The number of phenolic OH excluding ortho intramolecular Hbond substituents is 2. The number of fused-ring (bicyclic) bond motifs is 1. The van der Waals surface area contributed by atoms with E-state index < -0.39 is 71.3 Å². The molecule has 0 saturated carbocycles. The smallest absolute Gasteiger partial charge is 0.328 e. The lowest BCUT2D eigenvalue weighted by Gasteiger charge is -2.39. The lowest BCUT2D eigenvalue weighted by Crippen LogP contribution is -2.63. The van der Waals surface area contributed by atoms with Crippen molar-refractivity contribution in [2.45, 2.75) is 43.2 Å². The molecule has 1 aromatic heterocycles. The second-order valence-electron chi connectivity index (χ2n) is 9.17. The van der Waals surface area contributed by atoms with Crippen LogP contribution in [0.25, 0.3) is 22.3 Å². The third kappa shape index (κ3) is 6.26. The molecule has 0 aliphatic carbocycles. The zero-order valence-corrected chi connectivity index (χ0v) is 22.7. The molecule has 220 valence electrons. The molecule has 3 aromatic rings. The number of hydrogen-bond donors (Lipinski definition) is 6. The first-order valence-electron chi connectivity index (χ1n) is 12.4. The maximum absolute atomic E-state index is 13.0. The molecule has 1 saturated heterocycles. The van der Waals surface area contributed by atoms with Gasteiger partial charge in [-0.2, -0.15) is 11.8 Å². The number of amides is 1. The third-order valence-corrected chi connectivity index (χ3v) is 7.12. The maximum atomic E-state index is 13.0. The topological polar surface area (TPSA) is 205 Å². The molecule has 2 heterocycles. The van der Waals surface area contributed by atoms with Crippen molar-refractivity contribution in [3.05, 3.63) is 52.7 Å². The lowest BCUT2D eigenvalue weighted by atomic mass is 9.98. The predicted octanol–water partition coefficient (Wildman–Crippen LogP) is 0.468. The normalized spacial score (nSPS) is 23.1. The number of methoxy groups -OCH3 is 1. The molecule has 0 spiro atoms. The summed E-state index contributed by atoms with van der Waals surface area (Å²) in [6.45, 7) is 0. The molecule has 1 amide bonds. The summed E-state index contributed by atoms with van der Waals surface area (Å²) >= 11 is 1.42. The van der Waals surface area contributed by atoms with E-state index in [4.69, 9.17) is 18.6 Å². The first-order chi connectivity index (χ1) is 19.6. The number of aromatic hydroxyl groups is 2. The van der Waals surface area contributed by atoms with Gasteiger partial charge in [-0.05, 0) is 18.4 Å². The Morgan fingerprint density at radius 2 is 1.76 bits per heavy atom. The molecule has 41 heavy (non-hydrogen) atoms. The Bertz CT molecular complexity index is 1460. The molecule has 1 aliphatic heterocycles. The van der Waals surface area contributed by atoms with E-state index in [-0.39, 0.29) is 23.2 Å².